The van der Waals surface area contributed by atoms with E-state index in [9.17, 15) is 0 Å². The van der Waals surface area contributed by atoms with Crippen molar-refractivity contribution < 1.29 is 9.47 Å². The Morgan fingerprint density at radius 1 is 0.964 bits per heavy atom. The standard InChI is InChI=1S/C20H30N6O2/c1-27-18-13-16-17(23-15-24-20(16)26-10-5-22-6-11-26)14-19(18)28-12-2-7-25-8-3-21-4-9-25/h13-15,21-22H,2-12H2,1H3. The van der Waals surface area contributed by atoms with Crippen LogP contribution >= 0.6 is 0 Å². The lowest BCUT2D eigenvalue weighted by Crippen LogP contribution is -2.44. The Hall–Kier alpha value is -2.16. The average Bonchev–Trinajstić information content (AvgIpc) is 2.77. The Bertz CT molecular complexity index is 775. The van der Waals surface area contributed by atoms with E-state index in [0.717, 1.165) is 93.5 Å². The number of ether oxygens (including phenoxy) is 2. The van der Waals surface area contributed by atoms with E-state index in [1.807, 2.05) is 12.1 Å². The lowest BCUT2D eigenvalue weighted by Gasteiger charge is -2.29. The van der Waals surface area contributed by atoms with E-state index in [4.69, 9.17) is 9.47 Å². The monoisotopic (exact) mass is 386 g/mol. The maximum absolute atomic E-state index is 6.06. The molecule has 4 rings (SSSR count). The number of hydrogen-bond donors (Lipinski definition) is 2. The number of benzene rings is 1. The topological polar surface area (TPSA) is 74.8 Å². The number of fused-ring (bicyclic) bond motifs is 1. The maximum atomic E-state index is 6.06. The SMILES string of the molecule is COc1cc2c(N3CCNCC3)ncnc2cc1OCCCN1CCNCC1. The van der Waals surface area contributed by atoms with Crippen LogP contribution in [-0.4, -0.2) is 87.5 Å². The van der Waals surface area contributed by atoms with Gasteiger partial charge in [-0.2, -0.15) is 0 Å². The van der Waals surface area contributed by atoms with Crippen molar-refractivity contribution >= 4 is 16.7 Å². The van der Waals surface area contributed by atoms with Crippen LogP contribution in [0.1, 0.15) is 6.42 Å². The highest BCUT2D eigenvalue weighted by molar-refractivity contribution is 5.92. The van der Waals surface area contributed by atoms with E-state index in [1.54, 1.807) is 13.4 Å². The van der Waals surface area contributed by atoms with Crippen LogP contribution in [0.15, 0.2) is 18.5 Å². The Balaban J connectivity index is 1.46. The summed E-state index contributed by atoms with van der Waals surface area (Å²) in [4.78, 5) is 13.8. The number of nitrogens with zero attached hydrogens (tertiary/aromatic N) is 4. The van der Waals surface area contributed by atoms with Gasteiger partial charge in [0.1, 0.15) is 12.1 Å². The summed E-state index contributed by atoms with van der Waals surface area (Å²) < 4.78 is 11.7. The number of anilines is 1. The van der Waals surface area contributed by atoms with Gasteiger partial charge in [0.15, 0.2) is 11.5 Å². The highest BCUT2D eigenvalue weighted by Gasteiger charge is 2.17. The van der Waals surface area contributed by atoms with Crippen molar-refractivity contribution in [3.8, 4) is 11.5 Å². The molecule has 0 spiro atoms. The highest BCUT2D eigenvalue weighted by atomic mass is 16.5. The lowest BCUT2D eigenvalue weighted by molar-refractivity contribution is 0.211. The summed E-state index contributed by atoms with van der Waals surface area (Å²) >= 11 is 0. The van der Waals surface area contributed by atoms with E-state index < -0.39 is 0 Å². The van der Waals surface area contributed by atoms with Gasteiger partial charge in [-0.25, -0.2) is 9.97 Å². The number of piperazine rings is 2. The summed E-state index contributed by atoms with van der Waals surface area (Å²) in [7, 11) is 1.68. The van der Waals surface area contributed by atoms with Crippen LogP contribution < -0.4 is 25.0 Å². The molecule has 0 amide bonds. The van der Waals surface area contributed by atoms with Crippen LogP contribution in [0.25, 0.3) is 10.9 Å². The second-order valence-corrected chi connectivity index (χ2v) is 7.25. The Kier molecular flexibility index (Phi) is 6.41. The summed E-state index contributed by atoms with van der Waals surface area (Å²) in [5.74, 6) is 2.45. The van der Waals surface area contributed by atoms with Crippen LogP contribution in [0.5, 0.6) is 11.5 Å². The summed E-state index contributed by atoms with van der Waals surface area (Å²) in [5.41, 5.74) is 0.890. The molecule has 2 aromatic rings. The number of aromatic nitrogens is 2. The number of rotatable bonds is 7. The van der Waals surface area contributed by atoms with Gasteiger partial charge in [-0.05, 0) is 12.5 Å². The summed E-state index contributed by atoms with van der Waals surface area (Å²) in [6.45, 7) is 9.94. The van der Waals surface area contributed by atoms with Gasteiger partial charge in [0, 0.05) is 70.4 Å². The molecule has 2 saturated heterocycles. The molecule has 2 aliphatic heterocycles. The van der Waals surface area contributed by atoms with Gasteiger partial charge >= 0.3 is 0 Å². The van der Waals surface area contributed by atoms with Crippen LogP contribution in [0.4, 0.5) is 5.82 Å². The van der Waals surface area contributed by atoms with Crippen molar-refractivity contribution in [2.24, 2.45) is 0 Å². The number of nitrogens with one attached hydrogen (secondary N) is 2. The molecule has 8 nitrogen and oxygen atoms in total. The second-order valence-electron chi connectivity index (χ2n) is 7.25. The smallest absolute Gasteiger partial charge is 0.163 e. The molecule has 3 heterocycles. The molecule has 0 saturated carbocycles. The van der Waals surface area contributed by atoms with E-state index >= 15 is 0 Å². The van der Waals surface area contributed by atoms with Gasteiger partial charge < -0.3 is 29.9 Å². The van der Waals surface area contributed by atoms with Crippen molar-refractivity contribution in [2.75, 3.05) is 77.5 Å². The molecular weight excluding hydrogens is 356 g/mol. The van der Waals surface area contributed by atoms with Gasteiger partial charge in [0.2, 0.25) is 0 Å². The van der Waals surface area contributed by atoms with Crippen molar-refractivity contribution in [1.82, 2.24) is 25.5 Å². The summed E-state index contributed by atoms with van der Waals surface area (Å²) in [6, 6.07) is 3.99. The first-order valence-corrected chi connectivity index (χ1v) is 10.2. The van der Waals surface area contributed by atoms with Gasteiger partial charge in [-0.3, -0.25) is 0 Å². The normalized spacial score (nSPS) is 18.4. The van der Waals surface area contributed by atoms with E-state index in [0.29, 0.717) is 6.61 Å². The van der Waals surface area contributed by atoms with Crippen molar-refractivity contribution in [3.63, 3.8) is 0 Å². The molecule has 0 bridgehead atoms. The minimum Gasteiger partial charge on any atom is -0.493 e. The fourth-order valence-electron chi connectivity index (χ4n) is 3.86. The Labute approximate surface area is 166 Å². The molecule has 2 fully saturated rings. The predicted molar refractivity (Wildman–Crippen MR) is 111 cm³/mol. The minimum absolute atomic E-state index is 0.668. The van der Waals surface area contributed by atoms with E-state index in [2.05, 4.69) is 30.4 Å². The largest absolute Gasteiger partial charge is 0.493 e. The molecule has 152 valence electrons. The molecule has 2 aliphatic rings. The molecule has 0 unspecified atom stereocenters. The molecule has 2 N–H and O–H groups in total. The van der Waals surface area contributed by atoms with E-state index in [-0.39, 0.29) is 0 Å². The maximum Gasteiger partial charge on any atom is 0.163 e. The van der Waals surface area contributed by atoms with Crippen LogP contribution in [0.3, 0.4) is 0 Å². The van der Waals surface area contributed by atoms with Crippen LogP contribution in [0.2, 0.25) is 0 Å². The third-order valence-corrected chi connectivity index (χ3v) is 5.40. The second kappa shape index (κ2) is 9.36. The molecular formula is C20H30N6O2. The number of methoxy groups -OCH3 is 1. The van der Waals surface area contributed by atoms with Gasteiger partial charge in [0.25, 0.3) is 0 Å². The fraction of sp³-hybridized carbons (Fsp3) is 0.600. The molecule has 1 aromatic carbocycles. The predicted octanol–water partition coefficient (Wildman–Crippen LogP) is 0.722. The summed E-state index contributed by atoms with van der Waals surface area (Å²) in [5, 5.41) is 7.77. The zero-order chi connectivity index (χ0) is 19.2. The van der Waals surface area contributed by atoms with Crippen molar-refractivity contribution in [1.29, 1.82) is 0 Å². The van der Waals surface area contributed by atoms with Gasteiger partial charge in [-0.1, -0.05) is 0 Å². The lowest BCUT2D eigenvalue weighted by atomic mass is 10.2. The first-order chi connectivity index (χ1) is 13.8. The first-order valence-electron chi connectivity index (χ1n) is 10.2. The van der Waals surface area contributed by atoms with Crippen LogP contribution in [-0.2, 0) is 0 Å². The Morgan fingerprint density at radius 2 is 1.71 bits per heavy atom. The van der Waals surface area contributed by atoms with E-state index in [1.165, 1.54) is 0 Å². The first kappa shape index (κ1) is 19.2. The Morgan fingerprint density at radius 3 is 2.46 bits per heavy atom. The zero-order valence-electron chi connectivity index (χ0n) is 16.6. The number of hydrogen-bond acceptors (Lipinski definition) is 8. The minimum atomic E-state index is 0.668. The third-order valence-electron chi connectivity index (χ3n) is 5.40. The van der Waals surface area contributed by atoms with Crippen molar-refractivity contribution in [3.05, 3.63) is 18.5 Å². The third kappa shape index (κ3) is 4.45. The molecule has 0 atom stereocenters. The van der Waals surface area contributed by atoms with Crippen LogP contribution in [0, 0.1) is 0 Å². The molecule has 0 aliphatic carbocycles. The molecule has 8 heteroatoms. The van der Waals surface area contributed by atoms with Gasteiger partial charge in [-0.15, -0.1) is 0 Å². The molecule has 1 aromatic heterocycles. The van der Waals surface area contributed by atoms with Crippen molar-refractivity contribution in [2.45, 2.75) is 6.42 Å². The fourth-order valence-corrected chi connectivity index (χ4v) is 3.86. The zero-order valence-corrected chi connectivity index (χ0v) is 16.6. The summed E-state index contributed by atoms with van der Waals surface area (Å²) in [6.07, 6.45) is 2.64. The molecule has 28 heavy (non-hydrogen) atoms. The quantitative estimate of drug-likeness (QED) is 0.675. The molecule has 0 radical (unpaired) electrons. The highest BCUT2D eigenvalue weighted by Crippen LogP contribution is 2.35. The average molecular weight is 387 g/mol. The van der Waals surface area contributed by atoms with Gasteiger partial charge in [0.05, 0.1) is 19.2 Å².